The zero-order chi connectivity index (χ0) is 19.3. The Morgan fingerprint density at radius 3 is 2.64 bits per heavy atom. The number of nitrogens with zero attached hydrogens (tertiary/aromatic N) is 2. The predicted molar refractivity (Wildman–Crippen MR) is 113 cm³/mol. The molecule has 2 aromatic heterocycles. The Hall–Kier alpha value is -2.22. The second kappa shape index (κ2) is 8.86. The number of benzene rings is 1. The molecular weight excluding hydrogens is 390 g/mol. The molecule has 1 N–H and O–H groups in total. The lowest BCUT2D eigenvalue weighted by Crippen LogP contribution is -3.13. The molecule has 0 radical (unpaired) electrons. The van der Waals surface area contributed by atoms with E-state index in [9.17, 15) is 4.79 Å². The van der Waals surface area contributed by atoms with Crippen molar-refractivity contribution in [2.75, 3.05) is 33.3 Å². The van der Waals surface area contributed by atoms with Crippen molar-refractivity contribution in [3.63, 3.8) is 0 Å². The van der Waals surface area contributed by atoms with E-state index in [0.29, 0.717) is 6.42 Å². The van der Waals surface area contributed by atoms with Crippen molar-refractivity contribution in [3.8, 4) is 16.3 Å². The molecule has 0 atom stereocenters. The first kappa shape index (κ1) is 19.1. The SMILES string of the molecule is COc1ccc(-c2nc(CC(=O)N3CC[NH+](Cc4cccs4)CC3)cs2)cc1. The van der Waals surface area contributed by atoms with Gasteiger partial charge in [-0.05, 0) is 35.7 Å². The number of carbonyl (C=O) groups is 1. The van der Waals surface area contributed by atoms with Gasteiger partial charge < -0.3 is 14.5 Å². The van der Waals surface area contributed by atoms with Crippen LogP contribution < -0.4 is 9.64 Å². The molecule has 0 aliphatic carbocycles. The maximum Gasteiger partial charge on any atom is 0.229 e. The molecule has 5 nitrogen and oxygen atoms in total. The summed E-state index contributed by atoms with van der Waals surface area (Å²) in [6.45, 7) is 4.75. The summed E-state index contributed by atoms with van der Waals surface area (Å²) in [5.74, 6) is 1.01. The highest BCUT2D eigenvalue weighted by Crippen LogP contribution is 2.26. The number of nitrogens with one attached hydrogen (secondary N) is 1. The Morgan fingerprint density at radius 1 is 1.18 bits per heavy atom. The number of hydrogen-bond acceptors (Lipinski definition) is 5. The van der Waals surface area contributed by atoms with Crippen molar-refractivity contribution >= 4 is 28.6 Å². The molecule has 4 rings (SSSR count). The molecule has 0 saturated carbocycles. The van der Waals surface area contributed by atoms with E-state index in [1.54, 1.807) is 23.3 Å². The first-order valence-electron chi connectivity index (χ1n) is 9.44. The molecule has 1 aromatic carbocycles. The van der Waals surface area contributed by atoms with Gasteiger partial charge in [0, 0.05) is 10.9 Å². The van der Waals surface area contributed by atoms with Crippen LogP contribution in [-0.2, 0) is 17.8 Å². The second-order valence-corrected chi connectivity index (χ2v) is 8.83. The topological polar surface area (TPSA) is 46.9 Å². The Bertz CT molecular complexity index is 898. The van der Waals surface area contributed by atoms with Crippen LogP contribution in [0, 0.1) is 0 Å². The molecule has 28 heavy (non-hydrogen) atoms. The summed E-state index contributed by atoms with van der Waals surface area (Å²) in [5.41, 5.74) is 1.91. The maximum atomic E-state index is 12.7. The third kappa shape index (κ3) is 4.60. The molecular formula is C21H24N3O2S2+. The van der Waals surface area contributed by atoms with Crippen molar-refractivity contribution in [2.24, 2.45) is 0 Å². The van der Waals surface area contributed by atoms with Gasteiger partial charge >= 0.3 is 0 Å². The van der Waals surface area contributed by atoms with E-state index in [4.69, 9.17) is 4.74 Å². The summed E-state index contributed by atoms with van der Waals surface area (Å²) in [6.07, 6.45) is 0.382. The highest BCUT2D eigenvalue weighted by atomic mass is 32.1. The van der Waals surface area contributed by atoms with E-state index >= 15 is 0 Å². The number of quaternary nitrogens is 1. The average Bonchev–Trinajstić information content (AvgIpc) is 3.41. The third-order valence-corrected chi connectivity index (χ3v) is 6.87. The molecule has 7 heteroatoms. The van der Waals surface area contributed by atoms with Crippen LogP contribution in [0.2, 0.25) is 0 Å². The number of thiazole rings is 1. The van der Waals surface area contributed by atoms with Crippen molar-refractivity contribution in [1.82, 2.24) is 9.88 Å². The van der Waals surface area contributed by atoms with E-state index in [2.05, 4.69) is 22.5 Å². The molecule has 0 spiro atoms. The Morgan fingerprint density at radius 2 is 1.96 bits per heavy atom. The largest absolute Gasteiger partial charge is 0.497 e. The van der Waals surface area contributed by atoms with Gasteiger partial charge in [-0.25, -0.2) is 4.98 Å². The van der Waals surface area contributed by atoms with Crippen molar-refractivity contribution in [3.05, 3.63) is 57.7 Å². The Kier molecular flexibility index (Phi) is 6.04. The number of thiophene rings is 1. The lowest BCUT2D eigenvalue weighted by Gasteiger charge is -2.32. The van der Waals surface area contributed by atoms with Crippen LogP contribution in [0.1, 0.15) is 10.6 Å². The monoisotopic (exact) mass is 414 g/mol. The number of amides is 1. The number of methoxy groups -OCH3 is 1. The molecule has 1 fully saturated rings. The van der Waals surface area contributed by atoms with E-state index in [1.165, 1.54) is 4.88 Å². The van der Waals surface area contributed by atoms with Crippen molar-refractivity contribution < 1.29 is 14.4 Å². The highest BCUT2D eigenvalue weighted by molar-refractivity contribution is 7.13. The zero-order valence-corrected chi connectivity index (χ0v) is 17.5. The smallest absolute Gasteiger partial charge is 0.229 e. The Balaban J connectivity index is 1.30. The molecule has 3 heterocycles. The number of hydrogen-bond donors (Lipinski definition) is 1. The first-order valence-corrected chi connectivity index (χ1v) is 11.2. The second-order valence-electron chi connectivity index (χ2n) is 6.94. The van der Waals surface area contributed by atoms with Gasteiger partial charge in [-0.1, -0.05) is 6.07 Å². The minimum absolute atomic E-state index is 0.182. The van der Waals surface area contributed by atoms with Crippen LogP contribution >= 0.6 is 22.7 Å². The third-order valence-electron chi connectivity index (χ3n) is 5.05. The summed E-state index contributed by atoms with van der Waals surface area (Å²) >= 11 is 3.39. The zero-order valence-electron chi connectivity index (χ0n) is 15.9. The standard InChI is InChI=1S/C21H23N3O2S2/c1-26-18-6-4-16(5-7-18)21-22-17(15-28-21)13-20(25)24-10-8-23(9-11-24)14-19-3-2-12-27-19/h2-7,12,15H,8-11,13-14H2,1H3/p+1. The van der Waals surface area contributed by atoms with E-state index in [0.717, 1.165) is 54.7 Å². The van der Waals surface area contributed by atoms with Crippen LogP contribution in [0.5, 0.6) is 5.75 Å². The Labute approximate surface area is 173 Å². The van der Waals surface area contributed by atoms with Crippen LogP contribution in [0.4, 0.5) is 0 Å². The van der Waals surface area contributed by atoms with Gasteiger partial charge in [0.1, 0.15) is 17.3 Å². The van der Waals surface area contributed by atoms with Gasteiger partial charge in [-0.15, -0.1) is 22.7 Å². The number of carbonyl (C=O) groups excluding carboxylic acids is 1. The summed E-state index contributed by atoms with van der Waals surface area (Å²) < 4.78 is 5.20. The van der Waals surface area contributed by atoms with Gasteiger partial charge in [0.15, 0.2) is 0 Å². The van der Waals surface area contributed by atoms with E-state index in [-0.39, 0.29) is 5.91 Å². The molecule has 1 aliphatic heterocycles. The van der Waals surface area contributed by atoms with Gasteiger partial charge in [0.05, 0.1) is 50.3 Å². The van der Waals surface area contributed by atoms with Gasteiger partial charge in [-0.2, -0.15) is 0 Å². The molecule has 3 aromatic rings. The molecule has 0 bridgehead atoms. The fraction of sp³-hybridized carbons (Fsp3) is 0.333. The van der Waals surface area contributed by atoms with Crippen LogP contribution in [0.15, 0.2) is 47.2 Å². The summed E-state index contributed by atoms with van der Waals surface area (Å²) in [4.78, 5) is 22.3. The maximum absolute atomic E-state index is 12.7. The van der Waals surface area contributed by atoms with Crippen LogP contribution in [0.25, 0.3) is 10.6 Å². The molecule has 146 valence electrons. The quantitative estimate of drug-likeness (QED) is 0.674. The van der Waals surface area contributed by atoms with Gasteiger partial charge in [0.2, 0.25) is 5.91 Å². The van der Waals surface area contributed by atoms with Gasteiger partial charge in [0.25, 0.3) is 0 Å². The fourth-order valence-electron chi connectivity index (χ4n) is 3.43. The van der Waals surface area contributed by atoms with E-state index < -0.39 is 0 Å². The average molecular weight is 415 g/mol. The predicted octanol–water partition coefficient (Wildman–Crippen LogP) is 2.35. The van der Waals surface area contributed by atoms with Crippen LogP contribution in [0.3, 0.4) is 0 Å². The molecule has 1 aliphatic rings. The van der Waals surface area contributed by atoms with E-state index in [1.807, 2.05) is 45.9 Å². The lowest BCUT2D eigenvalue weighted by molar-refractivity contribution is -0.917. The summed E-state index contributed by atoms with van der Waals surface area (Å²) in [6, 6.07) is 12.2. The molecule has 1 amide bonds. The van der Waals surface area contributed by atoms with Crippen molar-refractivity contribution in [2.45, 2.75) is 13.0 Å². The molecule has 0 unspecified atom stereocenters. The number of aromatic nitrogens is 1. The lowest BCUT2D eigenvalue weighted by atomic mass is 10.2. The number of rotatable bonds is 6. The number of ether oxygens (including phenoxy) is 1. The summed E-state index contributed by atoms with van der Waals surface area (Å²) in [7, 11) is 1.66. The fourth-order valence-corrected chi connectivity index (χ4v) is 5.03. The molecule has 1 saturated heterocycles. The van der Waals surface area contributed by atoms with Gasteiger partial charge in [-0.3, -0.25) is 4.79 Å². The first-order chi connectivity index (χ1) is 13.7. The number of piperazine rings is 1. The normalized spacial score (nSPS) is 15.0. The van der Waals surface area contributed by atoms with Crippen molar-refractivity contribution in [1.29, 1.82) is 0 Å². The summed E-state index contributed by atoms with van der Waals surface area (Å²) in [5, 5.41) is 5.06. The van der Waals surface area contributed by atoms with Crippen LogP contribution in [-0.4, -0.2) is 49.1 Å². The highest BCUT2D eigenvalue weighted by Gasteiger charge is 2.24. The minimum Gasteiger partial charge on any atom is -0.497 e. The minimum atomic E-state index is 0.182.